The molecule has 0 heterocycles. The second-order valence-corrected chi connectivity index (χ2v) is 8.63. The fourth-order valence-electron chi connectivity index (χ4n) is 1.98. The molecule has 0 aliphatic heterocycles. The number of hydrogen-bond donors (Lipinski definition) is 1. The van der Waals surface area contributed by atoms with Crippen molar-refractivity contribution in [3.63, 3.8) is 0 Å². The number of thioether (sulfide) groups is 1. The van der Waals surface area contributed by atoms with Gasteiger partial charge < -0.3 is 10.1 Å². The highest BCUT2D eigenvalue weighted by molar-refractivity contribution is 8.00. The monoisotopic (exact) mass is 323 g/mol. The number of benzene rings is 1. The van der Waals surface area contributed by atoms with Gasteiger partial charge in [-0.25, -0.2) is 0 Å². The first-order chi connectivity index (χ1) is 10.2. The second-order valence-electron chi connectivity index (χ2n) is 6.70. The maximum absolute atomic E-state index is 12.1. The standard InChI is InChI=1S/C18H29NO2S/c1-13(2)15-9-7-8-10-16(15)21-14(3)17(20)19-11-12-22-18(4,5)6/h7-10,13-14H,11-12H2,1-6H3,(H,19,20). The summed E-state index contributed by atoms with van der Waals surface area (Å²) < 4.78 is 6.07. The third kappa shape index (κ3) is 6.73. The van der Waals surface area contributed by atoms with Gasteiger partial charge in [0.1, 0.15) is 5.75 Å². The predicted octanol–water partition coefficient (Wildman–Crippen LogP) is 4.23. The summed E-state index contributed by atoms with van der Waals surface area (Å²) in [6.45, 7) is 13.2. The van der Waals surface area contributed by atoms with Gasteiger partial charge in [0.2, 0.25) is 0 Å². The van der Waals surface area contributed by atoms with E-state index in [1.807, 2.05) is 36.0 Å². The molecule has 0 fully saturated rings. The van der Waals surface area contributed by atoms with Crippen molar-refractivity contribution in [2.45, 2.75) is 58.3 Å². The molecule has 0 aromatic heterocycles. The van der Waals surface area contributed by atoms with E-state index in [2.05, 4.69) is 39.9 Å². The molecule has 0 aliphatic rings. The van der Waals surface area contributed by atoms with E-state index in [0.29, 0.717) is 12.5 Å². The first-order valence-electron chi connectivity index (χ1n) is 7.88. The Balaban J connectivity index is 2.48. The van der Waals surface area contributed by atoms with Gasteiger partial charge in [0.25, 0.3) is 5.91 Å². The lowest BCUT2D eigenvalue weighted by molar-refractivity contribution is -0.127. The van der Waals surface area contributed by atoms with Gasteiger partial charge in [-0.05, 0) is 24.5 Å². The number of carbonyl (C=O) groups excluding carboxylic acids is 1. The lowest BCUT2D eigenvalue weighted by Gasteiger charge is -2.20. The number of carbonyl (C=O) groups is 1. The van der Waals surface area contributed by atoms with Crippen molar-refractivity contribution < 1.29 is 9.53 Å². The van der Waals surface area contributed by atoms with E-state index in [1.54, 1.807) is 6.92 Å². The van der Waals surface area contributed by atoms with Crippen LogP contribution in [0.5, 0.6) is 5.75 Å². The van der Waals surface area contributed by atoms with Gasteiger partial charge in [-0.2, -0.15) is 11.8 Å². The van der Waals surface area contributed by atoms with Crippen LogP contribution in [0.25, 0.3) is 0 Å². The summed E-state index contributed by atoms with van der Waals surface area (Å²) in [6.07, 6.45) is -0.487. The van der Waals surface area contributed by atoms with E-state index in [0.717, 1.165) is 17.1 Å². The summed E-state index contributed by atoms with van der Waals surface area (Å²) in [7, 11) is 0. The van der Waals surface area contributed by atoms with E-state index in [4.69, 9.17) is 4.74 Å². The number of ether oxygens (including phenoxy) is 1. The highest BCUT2D eigenvalue weighted by atomic mass is 32.2. The average molecular weight is 324 g/mol. The van der Waals surface area contributed by atoms with Crippen LogP contribution in [0.2, 0.25) is 0 Å². The van der Waals surface area contributed by atoms with Crippen LogP contribution in [0.3, 0.4) is 0 Å². The Bertz CT molecular complexity index is 480. The van der Waals surface area contributed by atoms with Crippen molar-refractivity contribution in [1.29, 1.82) is 0 Å². The summed E-state index contributed by atoms with van der Waals surface area (Å²) in [6, 6.07) is 7.90. The molecule has 4 heteroatoms. The van der Waals surface area contributed by atoms with Crippen molar-refractivity contribution in [3.8, 4) is 5.75 Å². The molecule has 3 nitrogen and oxygen atoms in total. The Morgan fingerprint density at radius 3 is 2.45 bits per heavy atom. The number of para-hydroxylation sites is 1. The third-order valence-electron chi connectivity index (χ3n) is 3.15. The van der Waals surface area contributed by atoms with Crippen molar-refractivity contribution in [3.05, 3.63) is 29.8 Å². The molecule has 22 heavy (non-hydrogen) atoms. The third-order valence-corrected chi connectivity index (χ3v) is 4.42. The molecule has 1 amide bonds. The SMILES string of the molecule is CC(Oc1ccccc1C(C)C)C(=O)NCCSC(C)(C)C. The van der Waals surface area contributed by atoms with Crippen LogP contribution in [0.1, 0.15) is 53.0 Å². The van der Waals surface area contributed by atoms with Gasteiger partial charge in [-0.1, -0.05) is 52.8 Å². The van der Waals surface area contributed by atoms with Crippen molar-refractivity contribution in [2.75, 3.05) is 12.3 Å². The van der Waals surface area contributed by atoms with Crippen LogP contribution in [-0.2, 0) is 4.79 Å². The Morgan fingerprint density at radius 1 is 1.23 bits per heavy atom. The number of nitrogens with one attached hydrogen (secondary N) is 1. The summed E-state index contributed by atoms with van der Waals surface area (Å²) >= 11 is 1.84. The molecular formula is C18H29NO2S. The lowest BCUT2D eigenvalue weighted by Crippen LogP contribution is -2.37. The van der Waals surface area contributed by atoms with Crippen LogP contribution >= 0.6 is 11.8 Å². The Kier molecular flexibility index (Phi) is 7.27. The Morgan fingerprint density at radius 2 is 1.86 bits per heavy atom. The Hall–Kier alpha value is -1.16. The van der Waals surface area contributed by atoms with Gasteiger partial charge in [0.05, 0.1) is 0 Å². The largest absolute Gasteiger partial charge is 0.481 e. The summed E-state index contributed by atoms with van der Waals surface area (Å²) in [4.78, 5) is 12.1. The average Bonchev–Trinajstić information content (AvgIpc) is 2.42. The van der Waals surface area contributed by atoms with Gasteiger partial charge >= 0.3 is 0 Å². The molecule has 0 spiro atoms. The zero-order valence-corrected chi connectivity index (χ0v) is 15.4. The topological polar surface area (TPSA) is 38.3 Å². The molecule has 1 N–H and O–H groups in total. The molecular weight excluding hydrogens is 294 g/mol. The van der Waals surface area contributed by atoms with E-state index in [9.17, 15) is 4.79 Å². The molecule has 1 aromatic rings. The molecule has 1 atom stereocenters. The highest BCUT2D eigenvalue weighted by Gasteiger charge is 2.17. The highest BCUT2D eigenvalue weighted by Crippen LogP contribution is 2.26. The molecule has 1 unspecified atom stereocenters. The van der Waals surface area contributed by atoms with Crippen LogP contribution in [0, 0.1) is 0 Å². The van der Waals surface area contributed by atoms with Gasteiger partial charge in [0, 0.05) is 17.0 Å². The maximum atomic E-state index is 12.1. The lowest BCUT2D eigenvalue weighted by atomic mass is 10.0. The number of rotatable bonds is 7. The van der Waals surface area contributed by atoms with E-state index in [-0.39, 0.29) is 10.7 Å². The minimum atomic E-state index is -0.487. The molecule has 1 aromatic carbocycles. The predicted molar refractivity (Wildman–Crippen MR) is 95.8 cm³/mol. The second kappa shape index (κ2) is 8.47. The fraction of sp³-hybridized carbons (Fsp3) is 0.611. The molecule has 124 valence electrons. The van der Waals surface area contributed by atoms with Crippen LogP contribution in [0.4, 0.5) is 0 Å². The smallest absolute Gasteiger partial charge is 0.260 e. The fourth-order valence-corrected chi connectivity index (χ4v) is 2.80. The van der Waals surface area contributed by atoms with Crippen LogP contribution in [-0.4, -0.2) is 29.1 Å². The molecule has 0 saturated heterocycles. The van der Waals surface area contributed by atoms with Crippen molar-refractivity contribution in [1.82, 2.24) is 5.32 Å². The quantitative estimate of drug-likeness (QED) is 0.763. The maximum Gasteiger partial charge on any atom is 0.260 e. The van der Waals surface area contributed by atoms with Crippen molar-refractivity contribution in [2.24, 2.45) is 0 Å². The molecule has 0 saturated carbocycles. The molecule has 0 aliphatic carbocycles. The van der Waals surface area contributed by atoms with Crippen LogP contribution < -0.4 is 10.1 Å². The summed E-state index contributed by atoms with van der Waals surface area (Å²) in [5.74, 6) is 2.01. The van der Waals surface area contributed by atoms with Gasteiger partial charge in [-0.15, -0.1) is 0 Å². The first-order valence-corrected chi connectivity index (χ1v) is 8.86. The number of amides is 1. The zero-order chi connectivity index (χ0) is 16.8. The first kappa shape index (κ1) is 18.9. The number of hydrogen-bond acceptors (Lipinski definition) is 3. The normalized spacial score (nSPS) is 13.0. The summed E-state index contributed by atoms with van der Waals surface area (Å²) in [5.41, 5.74) is 1.13. The van der Waals surface area contributed by atoms with Crippen molar-refractivity contribution >= 4 is 17.7 Å². The molecule has 1 rings (SSSR count). The van der Waals surface area contributed by atoms with Gasteiger partial charge in [-0.3, -0.25) is 4.79 Å². The zero-order valence-electron chi connectivity index (χ0n) is 14.6. The summed E-state index contributed by atoms with van der Waals surface area (Å²) in [5, 5.41) is 2.94. The molecule has 0 bridgehead atoms. The minimum Gasteiger partial charge on any atom is -0.481 e. The van der Waals surface area contributed by atoms with E-state index >= 15 is 0 Å². The van der Waals surface area contributed by atoms with E-state index in [1.165, 1.54) is 0 Å². The molecule has 0 radical (unpaired) electrons. The van der Waals surface area contributed by atoms with Crippen LogP contribution in [0.15, 0.2) is 24.3 Å². The minimum absolute atomic E-state index is 0.0620. The van der Waals surface area contributed by atoms with E-state index < -0.39 is 6.10 Å². The Labute approximate surface area is 139 Å². The van der Waals surface area contributed by atoms with Gasteiger partial charge in [0.15, 0.2) is 6.10 Å².